The van der Waals surface area contributed by atoms with Crippen LogP contribution in [0.2, 0.25) is 0 Å². The minimum atomic E-state index is -0.920. The largest absolute Gasteiger partial charge is 0.478 e. The first-order valence-electron chi connectivity index (χ1n) is 6.33. The lowest BCUT2D eigenvalue weighted by Gasteiger charge is -2.09. The van der Waals surface area contributed by atoms with Crippen molar-refractivity contribution in [3.63, 3.8) is 0 Å². The molecule has 0 spiro atoms. The lowest BCUT2D eigenvalue weighted by Crippen LogP contribution is -2.05. The molecule has 0 atom stereocenters. The second-order valence-corrected chi connectivity index (χ2v) is 4.67. The molecule has 98 valence electrons. The van der Waals surface area contributed by atoms with Crippen LogP contribution in [0.3, 0.4) is 0 Å². The highest BCUT2D eigenvalue weighted by atomic mass is 16.4. The van der Waals surface area contributed by atoms with Gasteiger partial charge >= 0.3 is 5.97 Å². The van der Waals surface area contributed by atoms with E-state index in [1.54, 1.807) is 12.1 Å². The molecule has 0 saturated carbocycles. The number of benzene rings is 1. The van der Waals surface area contributed by atoms with E-state index in [9.17, 15) is 4.79 Å². The molecule has 1 N–H and O–H groups in total. The number of carboxylic acid groups (broad SMARTS) is 1. The molecule has 3 nitrogen and oxygen atoms in total. The zero-order valence-corrected chi connectivity index (χ0v) is 11.4. The van der Waals surface area contributed by atoms with E-state index in [1.165, 1.54) is 5.56 Å². The van der Waals surface area contributed by atoms with E-state index in [0.717, 1.165) is 16.8 Å². The van der Waals surface area contributed by atoms with Gasteiger partial charge in [0.2, 0.25) is 0 Å². The molecule has 0 fully saturated rings. The van der Waals surface area contributed by atoms with Crippen LogP contribution in [-0.2, 0) is 6.42 Å². The summed E-state index contributed by atoms with van der Waals surface area (Å²) in [6.45, 7) is 6.01. The molecular formula is C16H17NO2. The zero-order chi connectivity index (χ0) is 14.0. The van der Waals surface area contributed by atoms with Crippen molar-refractivity contribution in [2.45, 2.75) is 27.2 Å². The van der Waals surface area contributed by atoms with Crippen molar-refractivity contribution in [1.82, 2.24) is 4.98 Å². The van der Waals surface area contributed by atoms with Crippen molar-refractivity contribution in [1.29, 1.82) is 0 Å². The molecule has 19 heavy (non-hydrogen) atoms. The van der Waals surface area contributed by atoms with E-state index in [1.807, 2.05) is 26.0 Å². The summed E-state index contributed by atoms with van der Waals surface area (Å²) >= 11 is 0. The van der Waals surface area contributed by atoms with E-state index >= 15 is 0 Å². The number of hydrogen-bond acceptors (Lipinski definition) is 2. The van der Waals surface area contributed by atoms with Crippen molar-refractivity contribution in [3.8, 4) is 11.3 Å². The first-order valence-corrected chi connectivity index (χ1v) is 6.33. The summed E-state index contributed by atoms with van der Waals surface area (Å²) in [5.74, 6) is -0.920. The molecule has 0 bridgehead atoms. The summed E-state index contributed by atoms with van der Waals surface area (Å²) in [5.41, 5.74) is 5.16. The number of rotatable bonds is 3. The Morgan fingerprint density at radius 2 is 1.95 bits per heavy atom. The standard InChI is InChI=1S/C16H17NO2/c1-4-14-13(16(18)19)7-8-15(17-14)12-6-5-10(2)9-11(12)3/h5-9H,4H2,1-3H3,(H,18,19). The van der Waals surface area contributed by atoms with Gasteiger partial charge in [0.1, 0.15) is 0 Å². The molecule has 0 aliphatic carbocycles. The Hall–Kier alpha value is -2.16. The van der Waals surface area contributed by atoms with Gasteiger partial charge in [-0.1, -0.05) is 30.7 Å². The van der Waals surface area contributed by atoms with Gasteiger partial charge in [-0.15, -0.1) is 0 Å². The molecule has 0 aliphatic heterocycles. The van der Waals surface area contributed by atoms with Crippen LogP contribution in [0.1, 0.15) is 34.1 Å². The van der Waals surface area contributed by atoms with E-state index in [4.69, 9.17) is 5.11 Å². The van der Waals surface area contributed by atoms with Crippen LogP contribution in [0.25, 0.3) is 11.3 Å². The molecule has 0 radical (unpaired) electrons. The highest BCUT2D eigenvalue weighted by molar-refractivity contribution is 5.89. The van der Waals surface area contributed by atoms with Crippen molar-refractivity contribution >= 4 is 5.97 Å². The van der Waals surface area contributed by atoms with Gasteiger partial charge in [-0.3, -0.25) is 4.98 Å². The second-order valence-electron chi connectivity index (χ2n) is 4.67. The number of carboxylic acids is 1. The molecule has 2 rings (SSSR count). The van der Waals surface area contributed by atoms with Crippen molar-refractivity contribution in [2.24, 2.45) is 0 Å². The van der Waals surface area contributed by atoms with Crippen molar-refractivity contribution in [2.75, 3.05) is 0 Å². The summed E-state index contributed by atoms with van der Waals surface area (Å²) in [4.78, 5) is 15.6. The topological polar surface area (TPSA) is 50.2 Å². The van der Waals surface area contributed by atoms with Crippen LogP contribution in [0, 0.1) is 13.8 Å². The maximum atomic E-state index is 11.1. The fourth-order valence-electron chi connectivity index (χ4n) is 2.22. The number of carbonyl (C=O) groups is 1. The Morgan fingerprint density at radius 1 is 1.21 bits per heavy atom. The second kappa shape index (κ2) is 5.22. The van der Waals surface area contributed by atoms with Crippen LogP contribution >= 0.6 is 0 Å². The molecule has 0 amide bonds. The Labute approximate surface area is 112 Å². The third-order valence-corrected chi connectivity index (χ3v) is 3.20. The van der Waals surface area contributed by atoms with Crippen LogP contribution in [-0.4, -0.2) is 16.1 Å². The average molecular weight is 255 g/mol. The van der Waals surface area contributed by atoms with Gasteiger partial charge in [-0.2, -0.15) is 0 Å². The average Bonchev–Trinajstić information content (AvgIpc) is 2.37. The maximum absolute atomic E-state index is 11.1. The van der Waals surface area contributed by atoms with E-state index in [0.29, 0.717) is 12.1 Å². The predicted molar refractivity (Wildman–Crippen MR) is 75.5 cm³/mol. The monoisotopic (exact) mass is 255 g/mol. The van der Waals surface area contributed by atoms with Gasteiger partial charge in [-0.05, 0) is 38.0 Å². The number of pyridine rings is 1. The Balaban J connectivity index is 2.54. The minimum Gasteiger partial charge on any atom is -0.478 e. The number of nitrogens with zero attached hydrogens (tertiary/aromatic N) is 1. The third-order valence-electron chi connectivity index (χ3n) is 3.20. The summed E-state index contributed by atoms with van der Waals surface area (Å²) in [5, 5.41) is 9.11. The predicted octanol–water partition coefficient (Wildman–Crippen LogP) is 3.63. The summed E-state index contributed by atoms with van der Waals surface area (Å²) < 4.78 is 0. The molecule has 0 saturated heterocycles. The zero-order valence-electron chi connectivity index (χ0n) is 11.4. The van der Waals surface area contributed by atoms with E-state index in [2.05, 4.69) is 18.0 Å². The van der Waals surface area contributed by atoms with Gasteiger partial charge in [0, 0.05) is 5.56 Å². The third kappa shape index (κ3) is 2.65. The number of aryl methyl sites for hydroxylation is 3. The Bertz CT molecular complexity index is 633. The van der Waals surface area contributed by atoms with Gasteiger partial charge in [-0.25, -0.2) is 4.79 Å². The quantitative estimate of drug-likeness (QED) is 0.911. The number of hydrogen-bond donors (Lipinski definition) is 1. The van der Waals surface area contributed by atoms with E-state index < -0.39 is 5.97 Å². The molecule has 1 heterocycles. The summed E-state index contributed by atoms with van der Waals surface area (Å²) in [6.07, 6.45) is 0.611. The molecule has 1 aromatic carbocycles. The highest BCUT2D eigenvalue weighted by Gasteiger charge is 2.12. The summed E-state index contributed by atoms with van der Waals surface area (Å²) in [7, 11) is 0. The van der Waals surface area contributed by atoms with Gasteiger partial charge in [0.25, 0.3) is 0 Å². The van der Waals surface area contributed by atoms with Gasteiger partial charge < -0.3 is 5.11 Å². The highest BCUT2D eigenvalue weighted by Crippen LogP contribution is 2.24. The van der Waals surface area contributed by atoms with E-state index in [-0.39, 0.29) is 5.56 Å². The molecule has 0 unspecified atom stereocenters. The first-order chi connectivity index (χ1) is 9.02. The van der Waals surface area contributed by atoms with Crippen molar-refractivity contribution < 1.29 is 9.90 Å². The minimum absolute atomic E-state index is 0.288. The fraction of sp³-hybridized carbons (Fsp3) is 0.250. The van der Waals surface area contributed by atoms with Crippen LogP contribution < -0.4 is 0 Å². The van der Waals surface area contributed by atoms with Crippen LogP contribution in [0.4, 0.5) is 0 Å². The molecule has 2 aromatic rings. The molecular weight excluding hydrogens is 238 g/mol. The number of aromatic carboxylic acids is 1. The SMILES string of the molecule is CCc1nc(-c2ccc(C)cc2C)ccc1C(=O)O. The molecule has 1 aromatic heterocycles. The lowest BCUT2D eigenvalue weighted by molar-refractivity contribution is 0.0695. The lowest BCUT2D eigenvalue weighted by atomic mass is 10.0. The fourth-order valence-corrected chi connectivity index (χ4v) is 2.22. The van der Waals surface area contributed by atoms with Crippen molar-refractivity contribution in [3.05, 3.63) is 52.7 Å². The van der Waals surface area contributed by atoms with Gasteiger partial charge in [0.15, 0.2) is 0 Å². The normalized spacial score (nSPS) is 10.5. The molecule has 3 heteroatoms. The maximum Gasteiger partial charge on any atom is 0.337 e. The first kappa shape index (κ1) is 13.3. The van der Waals surface area contributed by atoms with Crippen LogP contribution in [0.15, 0.2) is 30.3 Å². The summed E-state index contributed by atoms with van der Waals surface area (Å²) in [6, 6.07) is 9.60. The Morgan fingerprint density at radius 3 is 2.53 bits per heavy atom. The van der Waals surface area contributed by atoms with Gasteiger partial charge in [0.05, 0.1) is 17.0 Å². The Kier molecular flexibility index (Phi) is 3.65. The molecule has 0 aliphatic rings. The number of aromatic nitrogens is 1. The van der Waals surface area contributed by atoms with Crippen LogP contribution in [0.5, 0.6) is 0 Å². The smallest absolute Gasteiger partial charge is 0.337 e.